The van der Waals surface area contributed by atoms with Gasteiger partial charge in [0, 0.05) is 24.9 Å². The number of alkyl halides is 3. The van der Waals surface area contributed by atoms with Gasteiger partial charge in [0.05, 0.1) is 0 Å². The highest BCUT2D eigenvalue weighted by atomic mass is 19.4. The molecule has 0 radical (unpaired) electrons. The Bertz CT molecular complexity index is 368. The molecule has 0 atom stereocenters. The topological polar surface area (TPSA) is 61.0 Å². The Labute approximate surface area is 97.0 Å². The molecule has 0 unspecified atom stereocenters. The fourth-order valence-electron chi connectivity index (χ4n) is 1.22. The van der Waals surface area contributed by atoms with Crippen LogP contribution >= 0.6 is 0 Å². The van der Waals surface area contributed by atoms with E-state index < -0.39 is 11.9 Å². The number of hydrogen-bond donors (Lipinski definition) is 1. The number of halogens is 3. The summed E-state index contributed by atoms with van der Waals surface area (Å²) in [6.07, 6.45) is -2.63. The van der Waals surface area contributed by atoms with Crippen LogP contribution in [0.25, 0.3) is 0 Å². The first-order chi connectivity index (χ1) is 7.99. The van der Waals surface area contributed by atoms with E-state index in [-0.39, 0.29) is 24.5 Å². The molecule has 4 nitrogen and oxygen atoms in total. The number of nitrogens with zero attached hydrogens (tertiary/aromatic N) is 2. The van der Waals surface area contributed by atoms with Crippen molar-refractivity contribution >= 4 is 0 Å². The van der Waals surface area contributed by atoms with E-state index in [1.165, 1.54) is 0 Å². The van der Waals surface area contributed by atoms with Gasteiger partial charge in [0.1, 0.15) is 6.61 Å². The van der Waals surface area contributed by atoms with Crippen LogP contribution in [-0.4, -0.2) is 16.6 Å². The molecule has 0 aliphatic heterocycles. The van der Waals surface area contributed by atoms with Crippen molar-refractivity contribution in [2.45, 2.75) is 32.7 Å². The van der Waals surface area contributed by atoms with Crippen LogP contribution in [0, 0.1) is 0 Å². The van der Waals surface area contributed by atoms with Gasteiger partial charge >= 0.3 is 6.18 Å². The Kier molecular flexibility index (Phi) is 4.83. The van der Waals surface area contributed by atoms with Gasteiger partial charge in [-0.3, -0.25) is 0 Å². The summed E-state index contributed by atoms with van der Waals surface area (Å²) in [6.45, 7) is 2.09. The van der Waals surface area contributed by atoms with E-state index in [2.05, 4.69) is 9.97 Å². The molecule has 0 saturated heterocycles. The smallest absolute Gasteiger partial charge is 0.373 e. The van der Waals surface area contributed by atoms with Crippen LogP contribution in [0.3, 0.4) is 0 Å². The van der Waals surface area contributed by atoms with Crippen molar-refractivity contribution in [3.8, 4) is 0 Å². The lowest BCUT2D eigenvalue weighted by Crippen LogP contribution is -2.17. The standard InChI is InChI=1S/C10H14F3N3O/c1-2-3-17-6-8-15-5-7(4-14)9(16-8)10(11,12)13/h5H,2-4,6,14H2,1H3. The lowest BCUT2D eigenvalue weighted by atomic mass is 10.2. The normalized spacial score (nSPS) is 11.8. The largest absolute Gasteiger partial charge is 0.433 e. The van der Waals surface area contributed by atoms with E-state index >= 15 is 0 Å². The van der Waals surface area contributed by atoms with Crippen LogP contribution in [-0.2, 0) is 24.1 Å². The van der Waals surface area contributed by atoms with Gasteiger partial charge in [-0.25, -0.2) is 9.97 Å². The van der Waals surface area contributed by atoms with Gasteiger partial charge in [0.25, 0.3) is 0 Å². The van der Waals surface area contributed by atoms with E-state index in [4.69, 9.17) is 10.5 Å². The first-order valence-corrected chi connectivity index (χ1v) is 5.18. The van der Waals surface area contributed by atoms with Crippen LogP contribution in [0.5, 0.6) is 0 Å². The van der Waals surface area contributed by atoms with E-state index in [0.717, 1.165) is 12.6 Å². The molecule has 0 spiro atoms. The molecule has 1 aromatic heterocycles. The van der Waals surface area contributed by atoms with Gasteiger partial charge in [0.15, 0.2) is 11.5 Å². The summed E-state index contributed by atoms with van der Waals surface area (Å²) in [4.78, 5) is 7.22. The third kappa shape index (κ3) is 3.94. The number of aromatic nitrogens is 2. The minimum absolute atomic E-state index is 0.0166. The molecule has 0 amide bonds. The molecule has 1 heterocycles. The van der Waals surface area contributed by atoms with Crippen molar-refractivity contribution in [2.75, 3.05) is 6.61 Å². The van der Waals surface area contributed by atoms with Crippen molar-refractivity contribution in [3.63, 3.8) is 0 Å². The molecule has 0 saturated carbocycles. The number of nitrogens with two attached hydrogens (primary N) is 1. The van der Waals surface area contributed by atoms with Gasteiger partial charge in [-0.15, -0.1) is 0 Å². The second kappa shape index (κ2) is 5.92. The molecule has 1 aromatic rings. The van der Waals surface area contributed by atoms with Crippen molar-refractivity contribution in [1.82, 2.24) is 9.97 Å². The Morgan fingerprint density at radius 1 is 1.41 bits per heavy atom. The zero-order chi connectivity index (χ0) is 12.9. The second-order valence-corrected chi connectivity index (χ2v) is 3.41. The highest BCUT2D eigenvalue weighted by Crippen LogP contribution is 2.29. The molecule has 17 heavy (non-hydrogen) atoms. The molecule has 0 aliphatic rings. The molecule has 7 heteroatoms. The van der Waals surface area contributed by atoms with Crippen LogP contribution in [0.2, 0.25) is 0 Å². The average molecular weight is 249 g/mol. The Morgan fingerprint density at radius 3 is 2.65 bits per heavy atom. The van der Waals surface area contributed by atoms with Crippen LogP contribution < -0.4 is 5.73 Å². The van der Waals surface area contributed by atoms with Crippen LogP contribution in [0.15, 0.2) is 6.20 Å². The minimum Gasteiger partial charge on any atom is -0.373 e. The third-order valence-corrected chi connectivity index (χ3v) is 1.98. The number of hydrogen-bond acceptors (Lipinski definition) is 4. The molecular formula is C10H14F3N3O. The number of ether oxygens (including phenoxy) is 1. The predicted octanol–water partition coefficient (Wildman–Crippen LogP) is 1.88. The van der Waals surface area contributed by atoms with Crippen LogP contribution in [0.1, 0.15) is 30.4 Å². The Morgan fingerprint density at radius 2 is 2.12 bits per heavy atom. The molecule has 0 fully saturated rings. The van der Waals surface area contributed by atoms with E-state index in [1.807, 2.05) is 6.92 Å². The molecule has 0 aromatic carbocycles. The minimum atomic E-state index is -4.52. The van der Waals surface area contributed by atoms with E-state index in [1.54, 1.807) is 0 Å². The van der Waals surface area contributed by atoms with Crippen molar-refractivity contribution in [1.29, 1.82) is 0 Å². The van der Waals surface area contributed by atoms with Crippen molar-refractivity contribution in [3.05, 3.63) is 23.3 Å². The maximum Gasteiger partial charge on any atom is 0.433 e. The van der Waals surface area contributed by atoms with E-state index in [0.29, 0.717) is 6.61 Å². The van der Waals surface area contributed by atoms with Crippen molar-refractivity contribution < 1.29 is 17.9 Å². The molecule has 1 rings (SSSR count). The lowest BCUT2D eigenvalue weighted by Gasteiger charge is -2.11. The predicted molar refractivity (Wildman–Crippen MR) is 54.9 cm³/mol. The molecular weight excluding hydrogens is 235 g/mol. The fraction of sp³-hybridized carbons (Fsp3) is 0.600. The third-order valence-electron chi connectivity index (χ3n) is 1.98. The Hall–Kier alpha value is -1.21. The summed E-state index contributed by atoms with van der Waals surface area (Å²) in [5.74, 6) is 0.0166. The summed E-state index contributed by atoms with van der Waals surface area (Å²) in [5, 5.41) is 0. The van der Waals surface area contributed by atoms with Gasteiger partial charge in [-0.05, 0) is 6.42 Å². The SMILES string of the molecule is CCCOCc1ncc(CN)c(C(F)(F)F)n1. The molecule has 0 bridgehead atoms. The summed E-state index contributed by atoms with van der Waals surface area (Å²) in [5.41, 5.74) is 4.11. The van der Waals surface area contributed by atoms with E-state index in [9.17, 15) is 13.2 Å². The average Bonchev–Trinajstić information content (AvgIpc) is 2.28. The molecule has 96 valence electrons. The monoisotopic (exact) mass is 249 g/mol. The first-order valence-electron chi connectivity index (χ1n) is 5.18. The van der Waals surface area contributed by atoms with Crippen LogP contribution in [0.4, 0.5) is 13.2 Å². The van der Waals surface area contributed by atoms with Gasteiger partial charge in [-0.1, -0.05) is 6.92 Å². The highest BCUT2D eigenvalue weighted by molar-refractivity contribution is 5.20. The highest BCUT2D eigenvalue weighted by Gasteiger charge is 2.35. The zero-order valence-corrected chi connectivity index (χ0v) is 9.42. The summed E-state index contributed by atoms with van der Waals surface area (Å²) in [7, 11) is 0. The molecule has 0 aliphatic carbocycles. The maximum absolute atomic E-state index is 12.6. The summed E-state index contributed by atoms with van der Waals surface area (Å²) >= 11 is 0. The Balaban J connectivity index is 2.89. The zero-order valence-electron chi connectivity index (χ0n) is 9.42. The lowest BCUT2D eigenvalue weighted by molar-refractivity contribution is -0.142. The fourth-order valence-corrected chi connectivity index (χ4v) is 1.22. The first kappa shape index (κ1) is 13.9. The number of rotatable bonds is 5. The second-order valence-electron chi connectivity index (χ2n) is 3.41. The van der Waals surface area contributed by atoms with Gasteiger partial charge in [-0.2, -0.15) is 13.2 Å². The quantitative estimate of drug-likeness (QED) is 0.809. The molecule has 2 N–H and O–H groups in total. The van der Waals surface area contributed by atoms with Crippen molar-refractivity contribution in [2.24, 2.45) is 5.73 Å². The van der Waals surface area contributed by atoms with Gasteiger partial charge in [0.2, 0.25) is 0 Å². The maximum atomic E-state index is 12.6. The summed E-state index contributed by atoms with van der Waals surface area (Å²) < 4.78 is 42.9. The van der Waals surface area contributed by atoms with Gasteiger partial charge < -0.3 is 10.5 Å². The summed E-state index contributed by atoms with van der Waals surface area (Å²) in [6, 6.07) is 0.